The van der Waals surface area contributed by atoms with E-state index in [-0.39, 0.29) is 11.5 Å². The number of nitrogens with zero attached hydrogens (tertiary/aromatic N) is 2. The lowest BCUT2D eigenvalue weighted by molar-refractivity contribution is -0.0227. The molecule has 2 rings (SSSR count). The predicted octanol–water partition coefficient (Wildman–Crippen LogP) is 2.61. The maximum Gasteiger partial charge on any atom is 0.0715 e. The molecule has 0 radical (unpaired) electrons. The highest BCUT2D eigenvalue weighted by Crippen LogP contribution is 2.26. The van der Waals surface area contributed by atoms with Crippen LogP contribution in [0.25, 0.3) is 0 Å². The van der Waals surface area contributed by atoms with Gasteiger partial charge in [0.2, 0.25) is 0 Å². The fraction of sp³-hybridized carbons (Fsp3) is 1.00. The van der Waals surface area contributed by atoms with Crippen molar-refractivity contribution < 1.29 is 9.84 Å². The lowest BCUT2D eigenvalue weighted by atomic mass is 9.88. The van der Waals surface area contributed by atoms with Crippen LogP contribution in [0.5, 0.6) is 0 Å². The highest BCUT2D eigenvalue weighted by Gasteiger charge is 2.26. The van der Waals surface area contributed by atoms with Crippen molar-refractivity contribution in [3.8, 4) is 0 Å². The number of hydrogen-bond acceptors (Lipinski definition) is 4. The Hall–Kier alpha value is -0.160. The van der Waals surface area contributed by atoms with Crippen LogP contribution in [-0.2, 0) is 4.74 Å². The van der Waals surface area contributed by atoms with Gasteiger partial charge in [-0.15, -0.1) is 0 Å². The molecule has 2 aliphatic rings. The van der Waals surface area contributed by atoms with Crippen molar-refractivity contribution >= 4 is 0 Å². The summed E-state index contributed by atoms with van der Waals surface area (Å²) in [6, 6.07) is 0. The van der Waals surface area contributed by atoms with Crippen LogP contribution in [-0.4, -0.2) is 73.0 Å². The summed E-state index contributed by atoms with van der Waals surface area (Å²) >= 11 is 0. The summed E-state index contributed by atoms with van der Waals surface area (Å²) in [5, 5.41) is 10.2. The molecule has 1 aliphatic heterocycles. The van der Waals surface area contributed by atoms with Gasteiger partial charge in [-0.3, -0.25) is 9.80 Å². The number of aliphatic hydroxyl groups is 1. The Morgan fingerprint density at radius 3 is 2.26 bits per heavy atom. The van der Waals surface area contributed by atoms with Gasteiger partial charge < -0.3 is 9.84 Å². The zero-order valence-corrected chi connectivity index (χ0v) is 15.8. The molecule has 1 saturated carbocycles. The number of piperazine rings is 1. The second-order valence-corrected chi connectivity index (χ2v) is 8.70. The molecule has 0 amide bonds. The Balaban J connectivity index is 1.59. The van der Waals surface area contributed by atoms with E-state index in [2.05, 4.69) is 37.5 Å². The monoisotopic (exact) mass is 326 g/mol. The van der Waals surface area contributed by atoms with Crippen molar-refractivity contribution in [1.82, 2.24) is 9.80 Å². The van der Waals surface area contributed by atoms with Crippen molar-refractivity contribution in [3.63, 3.8) is 0 Å². The van der Waals surface area contributed by atoms with Crippen LogP contribution in [0, 0.1) is 11.3 Å². The molecular formula is C19H38N2O2. The number of hydrogen-bond donors (Lipinski definition) is 1. The van der Waals surface area contributed by atoms with Crippen molar-refractivity contribution in [1.29, 1.82) is 0 Å². The van der Waals surface area contributed by atoms with Crippen molar-refractivity contribution in [2.24, 2.45) is 11.3 Å². The maximum atomic E-state index is 10.2. The van der Waals surface area contributed by atoms with Gasteiger partial charge in [-0.1, -0.05) is 40.5 Å². The van der Waals surface area contributed by atoms with E-state index in [0.717, 1.165) is 51.8 Å². The third-order valence-electron chi connectivity index (χ3n) is 5.67. The van der Waals surface area contributed by atoms with Crippen LogP contribution < -0.4 is 0 Å². The second kappa shape index (κ2) is 8.80. The topological polar surface area (TPSA) is 35.9 Å². The molecule has 1 aliphatic carbocycles. The van der Waals surface area contributed by atoms with Crippen molar-refractivity contribution in [2.45, 2.75) is 65.6 Å². The van der Waals surface area contributed by atoms with Gasteiger partial charge in [0.05, 0.1) is 18.8 Å². The summed E-state index contributed by atoms with van der Waals surface area (Å²) in [4.78, 5) is 4.91. The quantitative estimate of drug-likeness (QED) is 0.814. The molecule has 0 aromatic carbocycles. The van der Waals surface area contributed by atoms with Crippen LogP contribution in [0.4, 0.5) is 0 Å². The Morgan fingerprint density at radius 1 is 1.04 bits per heavy atom. The van der Waals surface area contributed by atoms with Gasteiger partial charge in [-0.25, -0.2) is 0 Å². The average molecular weight is 327 g/mol. The summed E-state index contributed by atoms with van der Waals surface area (Å²) in [6.45, 7) is 15.7. The van der Waals surface area contributed by atoms with Crippen molar-refractivity contribution in [2.75, 3.05) is 45.9 Å². The van der Waals surface area contributed by atoms with Crippen molar-refractivity contribution in [3.05, 3.63) is 0 Å². The lowest BCUT2D eigenvalue weighted by Crippen LogP contribution is -2.50. The number of ether oxygens (including phenoxy) is 1. The number of β-amino-alcohol motifs (C(OH)–C–C–N with tert-alkyl or cyclic N) is 1. The van der Waals surface area contributed by atoms with Crippen LogP contribution in [0.2, 0.25) is 0 Å². The largest absolute Gasteiger partial charge is 0.391 e. The Labute approximate surface area is 143 Å². The van der Waals surface area contributed by atoms with Gasteiger partial charge >= 0.3 is 0 Å². The predicted molar refractivity (Wildman–Crippen MR) is 95.7 cm³/mol. The summed E-state index contributed by atoms with van der Waals surface area (Å²) in [7, 11) is 0. The fourth-order valence-corrected chi connectivity index (χ4v) is 3.58. The highest BCUT2D eigenvalue weighted by molar-refractivity contribution is 4.80. The SMILES string of the molecule is C[C@@H]1CCCC[C@@H]1OCCN1CCN(C[C@H](O)C(C)(C)C)CC1. The number of rotatable bonds is 6. The standard InChI is InChI=1S/C19H38N2O2/c1-16-7-5-6-8-17(16)23-14-13-20-9-11-21(12-10-20)15-18(22)19(2,3)4/h16-18,22H,5-15H2,1-4H3/t16-,17+,18+/m1/s1. The summed E-state index contributed by atoms with van der Waals surface area (Å²) in [5.74, 6) is 0.736. The van der Waals surface area contributed by atoms with Gasteiger partial charge in [0.25, 0.3) is 0 Å². The average Bonchev–Trinajstić information content (AvgIpc) is 2.50. The van der Waals surface area contributed by atoms with E-state index in [1.807, 2.05) is 0 Å². The highest BCUT2D eigenvalue weighted by atomic mass is 16.5. The first-order valence-corrected chi connectivity index (χ1v) is 9.60. The van der Waals surface area contributed by atoms with Gasteiger partial charge in [0.1, 0.15) is 0 Å². The molecule has 0 spiro atoms. The molecule has 1 N–H and O–H groups in total. The first-order valence-electron chi connectivity index (χ1n) is 9.60. The smallest absolute Gasteiger partial charge is 0.0715 e. The zero-order chi connectivity index (χ0) is 16.9. The van der Waals surface area contributed by atoms with Gasteiger partial charge in [0, 0.05) is 39.3 Å². The van der Waals surface area contributed by atoms with E-state index in [1.54, 1.807) is 0 Å². The third-order valence-corrected chi connectivity index (χ3v) is 5.67. The summed E-state index contributed by atoms with van der Waals surface area (Å²) < 4.78 is 6.14. The molecule has 23 heavy (non-hydrogen) atoms. The minimum atomic E-state index is -0.245. The first-order chi connectivity index (χ1) is 10.9. The normalized spacial score (nSPS) is 29.6. The molecule has 1 heterocycles. The van der Waals surface area contributed by atoms with E-state index in [0.29, 0.717) is 6.10 Å². The zero-order valence-electron chi connectivity index (χ0n) is 15.8. The Morgan fingerprint density at radius 2 is 1.65 bits per heavy atom. The molecule has 0 bridgehead atoms. The van der Waals surface area contributed by atoms with Gasteiger partial charge in [-0.05, 0) is 24.2 Å². The first kappa shape index (κ1) is 19.2. The molecule has 3 atom stereocenters. The summed E-state index contributed by atoms with van der Waals surface area (Å²) in [5.41, 5.74) is -0.0261. The van der Waals surface area contributed by atoms with Crippen LogP contribution >= 0.6 is 0 Å². The van der Waals surface area contributed by atoms with E-state index >= 15 is 0 Å². The molecule has 4 nitrogen and oxygen atoms in total. The molecule has 0 unspecified atom stereocenters. The van der Waals surface area contributed by atoms with E-state index in [4.69, 9.17) is 4.74 Å². The molecule has 0 aromatic rings. The Bertz CT molecular complexity index is 335. The third kappa shape index (κ3) is 6.33. The molecule has 4 heteroatoms. The molecule has 2 fully saturated rings. The van der Waals surface area contributed by atoms with E-state index < -0.39 is 0 Å². The molecule has 136 valence electrons. The molecule has 1 saturated heterocycles. The fourth-order valence-electron chi connectivity index (χ4n) is 3.58. The summed E-state index contributed by atoms with van der Waals surface area (Å²) in [6.07, 6.45) is 5.55. The molecular weight excluding hydrogens is 288 g/mol. The van der Waals surface area contributed by atoms with Crippen LogP contribution in [0.3, 0.4) is 0 Å². The minimum Gasteiger partial charge on any atom is -0.391 e. The van der Waals surface area contributed by atoms with E-state index in [1.165, 1.54) is 25.7 Å². The Kier molecular flexibility index (Phi) is 7.33. The second-order valence-electron chi connectivity index (χ2n) is 8.70. The minimum absolute atomic E-state index is 0.0261. The van der Waals surface area contributed by atoms with Gasteiger partial charge in [0.15, 0.2) is 0 Å². The maximum absolute atomic E-state index is 10.2. The van der Waals surface area contributed by atoms with Crippen LogP contribution in [0.1, 0.15) is 53.4 Å². The van der Waals surface area contributed by atoms with Gasteiger partial charge in [-0.2, -0.15) is 0 Å². The lowest BCUT2D eigenvalue weighted by Gasteiger charge is -2.38. The van der Waals surface area contributed by atoms with Crippen LogP contribution in [0.15, 0.2) is 0 Å². The number of aliphatic hydroxyl groups excluding tert-OH is 1. The molecule has 0 aromatic heterocycles. The van der Waals surface area contributed by atoms with E-state index in [9.17, 15) is 5.11 Å².